The molecule has 4 aliphatic rings. The Labute approximate surface area is 264 Å². The van der Waals surface area contributed by atoms with Crippen LogP contribution in [0, 0.1) is 11.6 Å². The number of benzene rings is 1. The van der Waals surface area contributed by atoms with Crippen molar-refractivity contribution in [3.05, 3.63) is 34.1 Å². The number of thiazole rings is 1. The molecule has 7 heterocycles. The molecule has 4 aromatic rings. The van der Waals surface area contributed by atoms with Gasteiger partial charge in [0.2, 0.25) is 5.91 Å². The zero-order chi connectivity index (χ0) is 31.9. The normalized spacial score (nSPS) is 26.0. The average Bonchev–Trinajstić information content (AvgIpc) is 3.76. The summed E-state index contributed by atoms with van der Waals surface area (Å²) in [6, 6.07) is 2.57. The number of carbonyl (C=O) groups is 1. The first-order valence-corrected chi connectivity index (χ1v) is 16.2. The average molecular weight is 656 g/mol. The van der Waals surface area contributed by atoms with Gasteiger partial charge in [0.1, 0.15) is 41.9 Å². The van der Waals surface area contributed by atoms with Gasteiger partial charge < -0.3 is 26.4 Å². The van der Waals surface area contributed by atoms with E-state index in [9.17, 15) is 18.4 Å². The number of halogens is 3. The molecule has 4 aliphatic heterocycles. The molecular formula is C30H32F3N9O3S. The molecule has 16 heteroatoms. The zero-order valence-electron chi connectivity index (χ0n) is 24.8. The number of nitrogen functional groups attached to an aromatic ring is 1. The Hall–Kier alpha value is -4.02. The van der Waals surface area contributed by atoms with Crippen LogP contribution in [0.4, 0.5) is 24.1 Å². The molecule has 8 rings (SSSR count). The van der Waals surface area contributed by atoms with Crippen LogP contribution in [0.2, 0.25) is 0 Å². The van der Waals surface area contributed by atoms with Gasteiger partial charge in [0.25, 0.3) is 5.56 Å². The minimum atomic E-state index is -0.968. The number of primary amides is 1. The van der Waals surface area contributed by atoms with E-state index >= 15 is 4.39 Å². The molecule has 46 heavy (non-hydrogen) atoms. The SMILES string of the molecule is NC(=O)Cn1c(-c2ccc(F)c3sc(N)nc23)c(F)c2nc(OC[C@@]34CCCN3C[C@H](F)C4)nc(N3CC4CCC(C3)N4)c2c1=O. The summed E-state index contributed by atoms with van der Waals surface area (Å²) in [5.74, 6) is -2.27. The van der Waals surface area contributed by atoms with Crippen LogP contribution >= 0.6 is 11.3 Å². The number of hydrogen-bond acceptors (Lipinski definition) is 11. The fourth-order valence-corrected chi connectivity index (χ4v) is 8.68. The number of aromatic nitrogens is 4. The Kier molecular flexibility index (Phi) is 6.88. The molecule has 12 nitrogen and oxygen atoms in total. The van der Waals surface area contributed by atoms with Crippen molar-refractivity contribution in [3.63, 3.8) is 0 Å². The highest BCUT2D eigenvalue weighted by Gasteiger charge is 2.49. The quantitative estimate of drug-likeness (QED) is 0.270. The van der Waals surface area contributed by atoms with Crippen LogP contribution in [0.25, 0.3) is 32.4 Å². The topological polar surface area (TPSA) is 158 Å². The number of piperazine rings is 1. The number of hydrogen-bond donors (Lipinski definition) is 3. The van der Waals surface area contributed by atoms with E-state index in [1.165, 1.54) is 6.07 Å². The maximum atomic E-state index is 17.1. The fourth-order valence-electron chi connectivity index (χ4n) is 7.92. The molecule has 5 N–H and O–H groups in total. The number of nitrogens with one attached hydrogen (secondary N) is 1. The van der Waals surface area contributed by atoms with Crippen LogP contribution in [0.3, 0.4) is 0 Å². The highest BCUT2D eigenvalue weighted by atomic mass is 32.1. The van der Waals surface area contributed by atoms with Gasteiger partial charge in [-0.3, -0.25) is 19.1 Å². The van der Waals surface area contributed by atoms with E-state index < -0.39 is 41.4 Å². The van der Waals surface area contributed by atoms with E-state index in [4.69, 9.17) is 16.2 Å². The number of amides is 1. The van der Waals surface area contributed by atoms with E-state index in [0.717, 1.165) is 54.2 Å². The van der Waals surface area contributed by atoms with Gasteiger partial charge in [-0.15, -0.1) is 0 Å². The maximum absolute atomic E-state index is 17.1. The molecule has 0 spiro atoms. The van der Waals surface area contributed by atoms with Crippen molar-refractivity contribution in [2.75, 3.05) is 43.4 Å². The Balaban J connectivity index is 1.34. The minimum absolute atomic E-state index is 0.0326. The van der Waals surface area contributed by atoms with Gasteiger partial charge in [-0.1, -0.05) is 11.3 Å². The predicted octanol–water partition coefficient (Wildman–Crippen LogP) is 2.31. The standard InChI is InChI=1S/C30H32F3N9O3S/c31-14-8-30(6-1-7-41(30)9-14)13-45-29-38-23-20(26(39-29)40-10-15-2-3-16(11-40)36-15)27(44)42(12-19(34)43)24(21(23)33)17-4-5-18(32)25-22(17)37-28(35)46-25/h4-5,14-16,36H,1-3,6-13H2,(H2,34,43)(H2,35,37)/t14-,15?,16?,30+/m1/s1. The number of nitrogens with zero attached hydrogens (tertiary/aromatic N) is 6. The summed E-state index contributed by atoms with van der Waals surface area (Å²) in [6.07, 6.45) is 2.90. The van der Waals surface area contributed by atoms with E-state index in [2.05, 4.69) is 25.2 Å². The molecule has 242 valence electrons. The highest BCUT2D eigenvalue weighted by molar-refractivity contribution is 7.22. The molecule has 2 unspecified atom stereocenters. The molecule has 3 aromatic heterocycles. The first-order valence-electron chi connectivity index (χ1n) is 15.4. The number of fused-ring (bicyclic) bond motifs is 5. The molecule has 4 atom stereocenters. The molecular weight excluding hydrogens is 623 g/mol. The van der Waals surface area contributed by atoms with E-state index in [0.29, 0.717) is 26.1 Å². The van der Waals surface area contributed by atoms with Crippen LogP contribution < -0.4 is 32.0 Å². The van der Waals surface area contributed by atoms with Crippen LogP contribution in [-0.4, -0.2) is 86.9 Å². The van der Waals surface area contributed by atoms with Crippen molar-refractivity contribution >= 4 is 49.3 Å². The van der Waals surface area contributed by atoms with Gasteiger partial charge >= 0.3 is 6.01 Å². The number of ether oxygens (including phenoxy) is 1. The van der Waals surface area contributed by atoms with E-state index in [-0.39, 0.29) is 68.0 Å². The monoisotopic (exact) mass is 655 g/mol. The minimum Gasteiger partial charge on any atom is -0.461 e. The summed E-state index contributed by atoms with van der Waals surface area (Å²) < 4.78 is 53.5. The third kappa shape index (κ3) is 4.68. The van der Waals surface area contributed by atoms with E-state index in [1.807, 2.05) is 4.90 Å². The van der Waals surface area contributed by atoms with Gasteiger partial charge in [0.15, 0.2) is 10.9 Å². The van der Waals surface area contributed by atoms with Gasteiger partial charge in [-0.25, -0.2) is 18.2 Å². The smallest absolute Gasteiger partial charge is 0.319 e. The summed E-state index contributed by atoms with van der Waals surface area (Å²) in [5, 5.41) is 3.46. The lowest BCUT2D eigenvalue weighted by atomic mass is 9.95. The lowest BCUT2D eigenvalue weighted by Gasteiger charge is -2.34. The van der Waals surface area contributed by atoms with Gasteiger partial charge in [0.05, 0.1) is 21.4 Å². The van der Waals surface area contributed by atoms with Gasteiger partial charge in [-0.05, 0) is 44.4 Å². The predicted molar refractivity (Wildman–Crippen MR) is 167 cm³/mol. The summed E-state index contributed by atoms with van der Waals surface area (Å²) in [5.41, 5.74) is 9.63. The molecule has 0 radical (unpaired) electrons. The largest absolute Gasteiger partial charge is 0.461 e. The van der Waals surface area contributed by atoms with Crippen molar-refractivity contribution in [2.45, 2.75) is 62.4 Å². The van der Waals surface area contributed by atoms with Crippen LogP contribution in [-0.2, 0) is 11.3 Å². The molecule has 0 saturated carbocycles. The fraction of sp³-hybridized carbons (Fsp3) is 0.500. The van der Waals surface area contributed by atoms with E-state index in [1.54, 1.807) is 0 Å². The summed E-state index contributed by atoms with van der Waals surface area (Å²) in [6.45, 7) is 1.57. The van der Waals surface area contributed by atoms with Crippen molar-refractivity contribution < 1.29 is 22.7 Å². The summed E-state index contributed by atoms with van der Waals surface area (Å²) in [4.78, 5) is 44.0. The summed E-state index contributed by atoms with van der Waals surface area (Å²) in [7, 11) is 0. The van der Waals surface area contributed by atoms with Crippen LogP contribution in [0.5, 0.6) is 6.01 Å². The van der Waals surface area contributed by atoms with Crippen LogP contribution in [0.1, 0.15) is 32.1 Å². The Bertz CT molecular complexity index is 1960. The highest BCUT2D eigenvalue weighted by Crippen LogP contribution is 2.41. The molecule has 4 saturated heterocycles. The first-order chi connectivity index (χ1) is 22.1. The zero-order valence-corrected chi connectivity index (χ0v) is 25.6. The Morgan fingerprint density at radius 2 is 1.91 bits per heavy atom. The number of pyridine rings is 1. The Morgan fingerprint density at radius 3 is 2.67 bits per heavy atom. The van der Waals surface area contributed by atoms with Crippen molar-refractivity contribution in [3.8, 4) is 17.3 Å². The third-order valence-electron chi connectivity index (χ3n) is 9.84. The molecule has 1 aromatic carbocycles. The lowest BCUT2D eigenvalue weighted by molar-refractivity contribution is -0.118. The number of carbonyl (C=O) groups excluding carboxylic acids is 1. The number of nitrogens with two attached hydrogens (primary N) is 2. The third-order valence-corrected chi connectivity index (χ3v) is 10.7. The van der Waals surface area contributed by atoms with Crippen molar-refractivity contribution in [1.82, 2.24) is 29.7 Å². The summed E-state index contributed by atoms with van der Waals surface area (Å²) >= 11 is 0.878. The number of alkyl halides is 1. The van der Waals surface area contributed by atoms with Crippen molar-refractivity contribution in [1.29, 1.82) is 0 Å². The maximum Gasteiger partial charge on any atom is 0.319 e. The molecule has 2 bridgehead atoms. The lowest BCUT2D eigenvalue weighted by Crippen LogP contribution is -2.51. The van der Waals surface area contributed by atoms with Crippen LogP contribution in [0.15, 0.2) is 16.9 Å². The van der Waals surface area contributed by atoms with Gasteiger partial charge in [-0.2, -0.15) is 9.97 Å². The van der Waals surface area contributed by atoms with Crippen molar-refractivity contribution in [2.24, 2.45) is 5.73 Å². The Morgan fingerprint density at radius 1 is 1.13 bits per heavy atom. The second-order valence-corrected chi connectivity index (χ2v) is 13.8. The molecule has 4 fully saturated rings. The van der Waals surface area contributed by atoms with Gasteiger partial charge in [0, 0.05) is 43.7 Å². The molecule has 0 aliphatic carbocycles. The first kappa shape index (κ1) is 29.4. The second kappa shape index (κ2) is 10.8. The number of anilines is 2. The second-order valence-electron chi connectivity index (χ2n) is 12.8. The number of rotatable bonds is 7. The molecule has 1 amide bonds.